The van der Waals surface area contributed by atoms with E-state index in [4.69, 9.17) is 9.47 Å². The lowest BCUT2D eigenvalue weighted by Gasteiger charge is -2.27. The Kier molecular flexibility index (Phi) is 8.95. The minimum atomic E-state index is -0.789. The highest BCUT2D eigenvalue weighted by Crippen LogP contribution is 2.38. The van der Waals surface area contributed by atoms with Crippen LogP contribution in [0.2, 0.25) is 0 Å². The molecule has 3 aromatic carbocycles. The van der Waals surface area contributed by atoms with E-state index in [1.165, 1.54) is 6.07 Å². The molecule has 2 nitrogen and oxygen atoms in total. The van der Waals surface area contributed by atoms with Gasteiger partial charge in [-0.05, 0) is 59.9 Å². The number of hydrogen-bond donors (Lipinski definition) is 0. The third kappa shape index (κ3) is 6.43. The molecule has 1 saturated carbocycles. The Hall–Kier alpha value is -2.95. The first-order chi connectivity index (χ1) is 17.5. The third-order valence-electron chi connectivity index (χ3n) is 7.15. The molecule has 0 amide bonds. The highest BCUT2D eigenvalue weighted by Gasteiger charge is 2.25. The molecule has 36 heavy (non-hydrogen) atoms. The van der Waals surface area contributed by atoms with Crippen molar-refractivity contribution < 1.29 is 22.6 Å². The fourth-order valence-electron chi connectivity index (χ4n) is 4.84. The SMILES string of the molecule is CCCCCOc1ccc(OCc2ccc(-c3ccc(C4CCC(C)CC4)c(F)c3F)cc2)cc1F. The Labute approximate surface area is 212 Å². The minimum Gasteiger partial charge on any atom is -0.491 e. The van der Waals surface area contributed by atoms with E-state index in [-0.39, 0.29) is 23.8 Å². The summed E-state index contributed by atoms with van der Waals surface area (Å²) >= 11 is 0. The van der Waals surface area contributed by atoms with Gasteiger partial charge in [0.15, 0.2) is 23.2 Å². The average molecular weight is 497 g/mol. The molecule has 1 fully saturated rings. The standard InChI is InChI=1S/C31H35F3O2/c1-3-4-5-18-35-29-17-14-25(19-28(29)32)36-20-22-8-12-24(13-9-22)27-16-15-26(30(33)31(27)34)23-10-6-21(2)7-11-23/h8-9,12-17,19,21,23H,3-7,10-11,18,20H2,1-2H3. The maximum absolute atomic E-state index is 15.0. The van der Waals surface area contributed by atoms with Crippen molar-refractivity contribution in [2.45, 2.75) is 71.3 Å². The quantitative estimate of drug-likeness (QED) is 0.261. The van der Waals surface area contributed by atoms with Crippen molar-refractivity contribution in [3.05, 3.63) is 83.2 Å². The molecule has 0 radical (unpaired) electrons. The van der Waals surface area contributed by atoms with Gasteiger partial charge >= 0.3 is 0 Å². The topological polar surface area (TPSA) is 18.5 Å². The molecule has 3 aromatic rings. The van der Waals surface area contributed by atoms with Crippen LogP contribution in [0.1, 0.15) is 75.8 Å². The summed E-state index contributed by atoms with van der Waals surface area (Å²) in [6.07, 6.45) is 6.95. The Morgan fingerprint density at radius 2 is 1.56 bits per heavy atom. The van der Waals surface area contributed by atoms with Crippen molar-refractivity contribution in [1.82, 2.24) is 0 Å². The van der Waals surface area contributed by atoms with E-state index in [0.29, 0.717) is 29.4 Å². The predicted octanol–water partition coefficient (Wildman–Crippen LogP) is 9.21. The van der Waals surface area contributed by atoms with E-state index in [2.05, 4.69) is 13.8 Å². The van der Waals surface area contributed by atoms with Crippen LogP contribution in [0, 0.1) is 23.4 Å². The molecule has 0 heterocycles. The molecule has 0 unspecified atom stereocenters. The number of halogens is 3. The summed E-state index contributed by atoms with van der Waals surface area (Å²) in [5.41, 5.74) is 2.20. The van der Waals surface area contributed by atoms with Crippen molar-refractivity contribution in [1.29, 1.82) is 0 Å². The molecule has 0 saturated heterocycles. The van der Waals surface area contributed by atoms with Gasteiger partial charge in [0, 0.05) is 11.6 Å². The lowest BCUT2D eigenvalue weighted by Crippen LogP contribution is -2.13. The maximum Gasteiger partial charge on any atom is 0.168 e. The van der Waals surface area contributed by atoms with Crippen LogP contribution in [0.5, 0.6) is 11.5 Å². The first-order valence-electron chi connectivity index (χ1n) is 13.1. The minimum absolute atomic E-state index is 0.0933. The Morgan fingerprint density at radius 3 is 2.25 bits per heavy atom. The Morgan fingerprint density at radius 1 is 0.806 bits per heavy atom. The molecule has 0 aromatic heterocycles. The van der Waals surface area contributed by atoms with Gasteiger partial charge in [-0.3, -0.25) is 0 Å². The second-order valence-electron chi connectivity index (χ2n) is 9.92. The van der Waals surface area contributed by atoms with Crippen LogP contribution >= 0.6 is 0 Å². The summed E-state index contributed by atoms with van der Waals surface area (Å²) < 4.78 is 55.4. The zero-order valence-corrected chi connectivity index (χ0v) is 21.2. The van der Waals surface area contributed by atoms with Crippen molar-refractivity contribution >= 4 is 0 Å². The van der Waals surface area contributed by atoms with Gasteiger partial charge in [0.05, 0.1) is 6.61 Å². The van der Waals surface area contributed by atoms with E-state index in [1.807, 2.05) is 12.1 Å². The van der Waals surface area contributed by atoms with Crippen LogP contribution in [0.15, 0.2) is 54.6 Å². The molecule has 0 spiro atoms. The van der Waals surface area contributed by atoms with Crippen LogP contribution in [-0.2, 0) is 6.61 Å². The van der Waals surface area contributed by atoms with Gasteiger partial charge in [0.25, 0.3) is 0 Å². The van der Waals surface area contributed by atoms with Crippen molar-refractivity contribution in [3.63, 3.8) is 0 Å². The van der Waals surface area contributed by atoms with E-state index < -0.39 is 17.5 Å². The first-order valence-corrected chi connectivity index (χ1v) is 13.1. The highest BCUT2D eigenvalue weighted by atomic mass is 19.2. The Bertz CT molecular complexity index is 1140. The lowest BCUT2D eigenvalue weighted by molar-refractivity contribution is 0.284. The zero-order valence-electron chi connectivity index (χ0n) is 21.2. The van der Waals surface area contributed by atoms with Crippen LogP contribution in [-0.4, -0.2) is 6.61 Å². The molecule has 0 aliphatic heterocycles. The molecule has 1 aliphatic rings. The predicted molar refractivity (Wildman–Crippen MR) is 138 cm³/mol. The van der Waals surface area contributed by atoms with Crippen molar-refractivity contribution in [2.75, 3.05) is 6.61 Å². The second-order valence-corrected chi connectivity index (χ2v) is 9.92. The lowest BCUT2D eigenvalue weighted by atomic mass is 9.79. The van der Waals surface area contributed by atoms with Gasteiger partial charge in [-0.1, -0.05) is 75.9 Å². The van der Waals surface area contributed by atoms with Gasteiger partial charge in [-0.2, -0.15) is 0 Å². The molecule has 5 heteroatoms. The fourth-order valence-corrected chi connectivity index (χ4v) is 4.84. The van der Waals surface area contributed by atoms with Crippen LogP contribution in [0.3, 0.4) is 0 Å². The van der Waals surface area contributed by atoms with Gasteiger partial charge in [0.2, 0.25) is 0 Å². The molecule has 192 valence electrons. The zero-order chi connectivity index (χ0) is 25.5. The molecule has 0 bridgehead atoms. The summed E-state index contributed by atoms with van der Waals surface area (Å²) in [5.74, 6) is -0.594. The fraction of sp³-hybridized carbons (Fsp3) is 0.419. The molecular weight excluding hydrogens is 461 g/mol. The Balaban J connectivity index is 1.37. The van der Waals surface area contributed by atoms with Gasteiger partial charge in [-0.25, -0.2) is 13.2 Å². The molecule has 4 rings (SSSR count). The average Bonchev–Trinajstić information content (AvgIpc) is 2.89. The number of ether oxygens (including phenoxy) is 2. The van der Waals surface area contributed by atoms with Crippen LogP contribution < -0.4 is 9.47 Å². The summed E-state index contributed by atoms with van der Waals surface area (Å²) in [4.78, 5) is 0. The third-order valence-corrected chi connectivity index (χ3v) is 7.15. The maximum atomic E-state index is 15.0. The van der Waals surface area contributed by atoms with Gasteiger partial charge in [-0.15, -0.1) is 0 Å². The van der Waals surface area contributed by atoms with Crippen molar-refractivity contribution in [2.24, 2.45) is 5.92 Å². The molecular formula is C31H35F3O2. The smallest absolute Gasteiger partial charge is 0.168 e. The molecule has 0 N–H and O–H groups in total. The van der Waals surface area contributed by atoms with Crippen LogP contribution in [0.4, 0.5) is 13.2 Å². The number of hydrogen-bond acceptors (Lipinski definition) is 2. The summed E-state index contributed by atoms with van der Waals surface area (Å²) in [6, 6.07) is 15.1. The van der Waals surface area contributed by atoms with Crippen molar-refractivity contribution in [3.8, 4) is 22.6 Å². The largest absolute Gasteiger partial charge is 0.491 e. The van der Waals surface area contributed by atoms with E-state index in [1.54, 1.807) is 36.4 Å². The highest BCUT2D eigenvalue weighted by molar-refractivity contribution is 5.65. The number of benzene rings is 3. The van der Waals surface area contributed by atoms with E-state index in [9.17, 15) is 13.2 Å². The molecule has 1 aliphatic carbocycles. The molecule has 0 atom stereocenters. The van der Waals surface area contributed by atoms with Gasteiger partial charge < -0.3 is 9.47 Å². The summed E-state index contributed by atoms with van der Waals surface area (Å²) in [7, 11) is 0. The number of unbranched alkanes of at least 4 members (excludes halogenated alkanes) is 2. The monoisotopic (exact) mass is 496 g/mol. The number of rotatable bonds is 10. The first kappa shape index (κ1) is 26.1. The van der Waals surface area contributed by atoms with E-state index >= 15 is 0 Å². The van der Waals surface area contributed by atoms with Crippen LogP contribution in [0.25, 0.3) is 11.1 Å². The summed E-state index contributed by atoms with van der Waals surface area (Å²) in [6.45, 7) is 5.04. The second kappa shape index (κ2) is 12.3. The normalized spacial score (nSPS) is 17.7. The summed E-state index contributed by atoms with van der Waals surface area (Å²) in [5, 5.41) is 0. The van der Waals surface area contributed by atoms with Gasteiger partial charge in [0.1, 0.15) is 12.4 Å². The van der Waals surface area contributed by atoms with E-state index in [0.717, 1.165) is 50.5 Å².